The van der Waals surface area contributed by atoms with Gasteiger partial charge in [-0.3, -0.25) is 14.2 Å². The van der Waals surface area contributed by atoms with Crippen molar-refractivity contribution < 1.29 is 23.5 Å². The number of hydrogen-bond donors (Lipinski definition) is 1. The summed E-state index contributed by atoms with van der Waals surface area (Å²) >= 11 is 1.16. The minimum Gasteiger partial charge on any atom is -0.481 e. The molecule has 5 rings (SSSR count). The number of fused-ring (bicyclic) bond motifs is 1. The topological polar surface area (TPSA) is 99.0 Å². The summed E-state index contributed by atoms with van der Waals surface area (Å²) in [5.74, 6) is -0.950. The maximum absolute atomic E-state index is 13.9. The van der Waals surface area contributed by atoms with Crippen molar-refractivity contribution in [3.8, 4) is 5.75 Å². The SMILES string of the molecule is CCOC(=O)COc1ccccc1/C=c1/sc2n(c1=O)C(c1ccc(F)cc1)C(C(=O)Nc1ccccc1)=C(C)N=2. The first kappa shape index (κ1) is 27.7. The average molecular weight is 572 g/mol. The molecule has 1 amide bonds. The Bertz CT molecular complexity index is 1810. The molecule has 1 aromatic heterocycles. The van der Waals surface area contributed by atoms with Gasteiger partial charge < -0.3 is 14.8 Å². The van der Waals surface area contributed by atoms with Gasteiger partial charge in [-0.1, -0.05) is 59.9 Å². The van der Waals surface area contributed by atoms with Gasteiger partial charge in [0.05, 0.1) is 28.5 Å². The number of allylic oxidation sites excluding steroid dienone is 1. The summed E-state index contributed by atoms with van der Waals surface area (Å²) in [5, 5.41) is 2.88. The van der Waals surface area contributed by atoms with Gasteiger partial charge in [-0.05, 0) is 55.8 Å². The number of halogens is 1. The number of aromatic nitrogens is 1. The first-order chi connectivity index (χ1) is 19.9. The number of carbonyl (C=O) groups excluding carboxylic acids is 2. The van der Waals surface area contributed by atoms with Crippen molar-refractivity contribution in [2.24, 2.45) is 4.99 Å². The molecule has 1 aliphatic heterocycles. The molecule has 1 unspecified atom stereocenters. The van der Waals surface area contributed by atoms with Gasteiger partial charge in [0.1, 0.15) is 11.6 Å². The Labute approximate surface area is 238 Å². The number of nitrogens with zero attached hydrogens (tertiary/aromatic N) is 2. The normalized spacial score (nSPS) is 14.7. The molecular formula is C31H26FN3O5S. The third-order valence-corrected chi connectivity index (χ3v) is 7.32. The van der Waals surface area contributed by atoms with Crippen molar-refractivity contribution >= 4 is 35.0 Å². The number of ether oxygens (including phenoxy) is 2. The molecule has 0 saturated heterocycles. The quantitative estimate of drug-likeness (QED) is 0.323. The summed E-state index contributed by atoms with van der Waals surface area (Å²) in [5.41, 5.74) is 2.08. The van der Waals surface area contributed by atoms with E-state index in [1.807, 2.05) is 6.07 Å². The van der Waals surface area contributed by atoms with Gasteiger partial charge in [0, 0.05) is 11.3 Å². The molecule has 41 heavy (non-hydrogen) atoms. The largest absolute Gasteiger partial charge is 0.481 e. The van der Waals surface area contributed by atoms with Crippen molar-refractivity contribution in [3.63, 3.8) is 0 Å². The number of hydrogen-bond acceptors (Lipinski definition) is 7. The molecule has 8 nitrogen and oxygen atoms in total. The van der Waals surface area contributed by atoms with Gasteiger partial charge in [-0.2, -0.15) is 0 Å². The van der Waals surface area contributed by atoms with E-state index < -0.39 is 23.7 Å². The Morgan fingerprint density at radius 1 is 1.05 bits per heavy atom. The maximum atomic E-state index is 13.9. The lowest BCUT2D eigenvalue weighted by Crippen LogP contribution is -2.40. The van der Waals surface area contributed by atoms with E-state index in [2.05, 4.69) is 10.3 Å². The number of carbonyl (C=O) groups is 2. The highest BCUT2D eigenvalue weighted by Gasteiger charge is 2.32. The second kappa shape index (κ2) is 12.1. The van der Waals surface area contributed by atoms with Crippen LogP contribution in [0.3, 0.4) is 0 Å². The highest BCUT2D eigenvalue weighted by Crippen LogP contribution is 2.31. The average Bonchev–Trinajstić information content (AvgIpc) is 3.27. The zero-order chi connectivity index (χ0) is 28.9. The molecule has 3 aromatic carbocycles. The third-order valence-electron chi connectivity index (χ3n) is 6.34. The Kier molecular flexibility index (Phi) is 8.21. The van der Waals surface area contributed by atoms with Crippen LogP contribution >= 0.6 is 11.3 Å². The van der Waals surface area contributed by atoms with Crippen LogP contribution in [-0.2, 0) is 14.3 Å². The van der Waals surface area contributed by atoms with Crippen LogP contribution in [0, 0.1) is 5.82 Å². The van der Waals surface area contributed by atoms with Crippen LogP contribution in [0.1, 0.15) is 31.0 Å². The molecular weight excluding hydrogens is 545 g/mol. The molecule has 0 radical (unpaired) electrons. The third kappa shape index (κ3) is 6.02. The summed E-state index contributed by atoms with van der Waals surface area (Å²) in [4.78, 5) is 44.3. The smallest absolute Gasteiger partial charge is 0.344 e. The van der Waals surface area contributed by atoms with E-state index in [1.54, 1.807) is 80.6 Å². The Morgan fingerprint density at radius 3 is 2.49 bits per heavy atom. The van der Waals surface area contributed by atoms with Crippen LogP contribution in [-0.4, -0.2) is 29.7 Å². The molecule has 208 valence electrons. The second-order valence-electron chi connectivity index (χ2n) is 9.09. The molecule has 0 spiro atoms. The van der Waals surface area contributed by atoms with Crippen LogP contribution in [0.2, 0.25) is 0 Å². The van der Waals surface area contributed by atoms with Gasteiger partial charge in [-0.25, -0.2) is 14.2 Å². The van der Waals surface area contributed by atoms with E-state index in [0.29, 0.717) is 37.6 Å². The first-order valence-electron chi connectivity index (χ1n) is 12.9. The lowest BCUT2D eigenvalue weighted by atomic mass is 9.95. The fourth-order valence-corrected chi connectivity index (χ4v) is 5.54. The molecule has 0 fully saturated rings. The maximum Gasteiger partial charge on any atom is 0.344 e. The number of anilines is 1. The lowest BCUT2D eigenvalue weighted by Gasteiger charge is -2.25. The van der Waals surface area contributed by atoms with Gasteiger partial charge in [0.15, 0.2) is 11.4 Å². The van der Waals surface area contributed by atoms with Gasteiger partial charge in [0.2, 0.25) is 0 Å². The predicted octanol–water partition coefficient (Wildman–Crippen LogP) is 3.95. The second-order valence-corrected chi connectivity index (χ2v) is 10.1. The van der Waals surface area contributed by atoms with Crippen LogP contribution in [0.25, 0.3) is 6.08 Å². The molecule has 1 aliphatic rings. The highest BCUT2D eigenvalue weighted by molar-refractivity contribution is 7.07. The van der Waals surface area contributed by atoms with Gasteiger partial charge in [0.25, 0.3) is 11.5 Å². The molecule has 4 aromatic rings. The van der Waals surface area contributed by atoms with Crippen LogP contribution in [0.5, 0.6) is 5.75 Å². The molecule has 1 atom stereocenters. The minimum absolute atomic E-state index is 0.241. The van der Waals surface area contributed by atoms with Crippen LogP contribution in [0.4, 0.5) is 10.1 Å². The first-order valence-corrected chi connectivity index (χ1v) is 13.7. The lowest BCUT2D eigenvalue weighted by molar-refractivity contribution is -0.145. The fraction of sp³-hybridized carbons (Fsp3) is 0.161. The van der Waals surface area contributed by atoms with Gasteiger partial charge >= 0.3 is 5.97 Å². The molecule has 2 heterocycles. The summed E-state index contributed by atoms with van der Waals surface area (Å²) in [7, 11) is 0. The number of rotatable bonds is 8. The van der Waals surface area contributed by atoms with Crippen molar-refractivity contribution in [2.45, 2.75) is 19.9 Å². The van der Waals surface area contributed by atoms with Crippen LogP contribution in [0.15, 0.2) is 99.9 Å². The number of amides is 1. The van der Waals surface area contributed by atoms with Crippen molar-refractivity contribution in [1.29, 1.82) is 0 Å². The van der Waals surface area contributed by atoms with E-state index >= 15 is 0 Å². The van der Waals surface area contributed by atoms with E-state index in [-0.39, 0.29) is 24.3 Å². The highest BCUT2D eigenvalue weighted by atomic mass is 32.1. The molecule has 1 N–H and O–H groups in total. The fourth-order valence-electron chi connectivity index (χ4n) is 4.50. The summed E-state index contributed by atoms with van der Waals surface area (Å²) in [6.45, 7) is 3.39. The van der Waals surface area contributed by atoms with E-state index in [0.717, 1.165) is 11.3 Å². The van der Waals surface area contributed by atoms with Crippen molar-refractivity contribution in [3.05, 3.63) is 127 Å². The van der Waals surface area contributed by atoms with Crippen molar-refractivity contribution in [2.75, 3.05) is 18.5 Å². The minimum atomic E-state index is -0.840. The zero-order valence-corrected chi connectivity index (χ0v) is 23.1. The zero-order valence-electron chi connectivity index (χ0n) is 22.3. The molecule has 10 heteroatoms. The summed E-state index contributed by atoms with van der Waals surface area (Å²) < 4.78 is 26.3. The number of nitrogens with one attached hydrogen (secondary N) is 1. The monoisotopic (exact) mass is 571 g/mol. The standard InChI is InChI=1S/C31H26FN3O5S/c1-3-39-26(36)18-40-24-12-8-7-9-21(24)17-25-30(38)35-28(20-13-15-22(32)16-14-20)27(19(2)33-31(35)41-25)29(37)34-23-10-5-4-6-11-23/h4-17,28H,3,18H2,1-2H3,(H,34,37)/b25-17+. The molecule has 0 aliphatic carbocycles. The van der Waals surface area contributed by atoms with Crippen molar-refractivity contribution in [1.82, 2.24) is 4.57 Å². The summed E-state index contributed by atoms with van der Waals surface area (Å²) in [6.07, 6.45) is 1.66. The number of para-hydroxylation sites is 2. The Morgan fingerprint density at radius 2 is 1.76 bits per heavy atom. The van der Waals surface area contributed by atoms with E-state index in [9.17, 15) is 18.8 Å². The summed E-state index contributed by atoms with van der Waals surface area (Å²) in [6, 6.07) is 20.8. The number of thiazole rings is 1. The Balaban J connectivity index is 1.60. The van der Waals surface area contributed by atoms with E-state index in [1.165, 1.54) is 16.7 Å². The Hall–Kier alpha value is -4.83. The predicted molar refractivity (Wildman–Crippen MR) is 154 cm³/mol. The number of esters is 1. The van der Waals surface area contributed by atoms with E-state index in [4.69, 9.17) is 9.47 Å². The van der Waals surface area contributed by atoms with Gasteiger partial charge in [-0.15, -0.1) is 0 Å². The van der Waals surface area contributed by atoms with Crippen LogP contribution < -0.4 is 24.9 Å². The molecule has 0 bridgehead atoms. The molecule has 0 saturated carbocycles. The number of benzene rings is 3.